The van der Waals surface area contributed by atoms with E-state index in [0.717, 1.165) is 81.2 Å². The quantitative estimate of drug-likeness (QED) is 0.0778. The minimum atomic E-state index is 0. The molecule has 0 radical (unpaired) electrons. The zero-order valence-electron chi connectivity index (χ0n) is 36.0. The van der Waals surface area contributed by atoms with Crippen LogP contribution in [0.5, 0.6) is 0 Å². The van der Waals surface area contributed by atoms with Gasteiger partial charge in [-0.25, -0.2) is 9.97 Å². The van der Waals surface area contributed by atoms with Crippen LogP contribution in [-0.4, -0.2) is 42.0 Å². The molecule has 8 rings (SSSR count). The number of aromatic amines is 2. The van der Waals surface area contributed by atoms with Gasteiger partial charge in [0.2, 0.25) is 0 Å². The van der Waals surface area contributed by atoms with Crippen LogP contribution in [0.1, 0.15) is 169 Å². The van der Waals surface area contributed by atoms with E-state index in [0.29, 0.717) is 17.8 Å². The third-order valence-electron chi connectivity index (χ3n) is 10.8. The summed E-state index contributed by atoms with van der Waals surface area (Å²) in [5, 5.41) is 15.9. The van der Waals surface area contributed by atoms with Crippen molar-refractivity contribution in [2.45, 2.75) is 151 Å². The van der Waals surface area contributed by atoms with E-state index in [1.54, 1.807) is 6.92 Å². The molecule has 2 aliphatic carbocycles. The summed E-state index contributed by atoms with van der Waals surface area (Å²) >= 11 is 0. The molecule has 57 heavy (non-hydrogen) atoms. The molecule has 2 aromatic carbocycles. The number of aliphatic hydroxyl groups excluding tert-OH is 1. The average Bonchev–Trinajstić information content (AvgIpc) is 4.05. The van der Waals surface area contributed by atoms with E-state index >= 15 is 0 Å². The van der Waals surface area contributed by atoms with Crippen molar-refractivity contribution in [3.05, 3.63) is 83.5 Å². The van der Waals surface area contributed by atoms with Crippen LogP contribution in [0.25, 0.3) is 49.9 Å². The molecule has 0 aliphatic heterocycles. The number of aromatic nitrogens is 6. The SMILES string of the molecule is CC/C=C(\CCC)c1cc(-c2c(C)noc2C)cc2[nH]c(C3CC3)nc12.CCCC(CCC)c1cc(-c2c(C)noc2C)cc2[nH]c(C3CC3)nc12.CCO.[CH3-].[Pd]. The molecule has 312 valence electrons. The minimum absolute atomic E-state index is 0. The average molecular weight is 868 g/mol. The molecule has 0 unspecified atom stereocenters. The van der Waals surface area contributed by atoms with Crippen molar-refractivity contribution in [3.63, 3.8) is 0 Å². The summed E-state index contributed by atoms with van der Waals surface area (Å²) in [6, 6.07) is 9.07. The fourth-order valence-electron chi connectivity index (χ4n) is 8.05. The van der Waals surface area contributed by atoms with Crippen molar-refractivity contribution >= 4 is 27.6 Å². The van der Waals surface area contributed by atoms with Gasteiger partial charge in [0.1, 0.15) is 23.2 Å². The molecule has 0 bridgehead atoms. The van der Waals surface area contributed by atoms with Crippen LogP contribution in [0.4, 0.5) is 0 Å². The third kappa shape index (κ3) is 10.4. The van der Waals surface area contributed by atoms with E-state index in [1.165, 1.54) is 85.0 Å². The van der Waals surface area contributed by atoms with Gasteiger partial charge in [0.05, 0.1) is 33.5 Å². The Labute approximate surface area is 353 Å². The first-order valence-corrected chi connectivity index (χ1v) is 20.9. The summed E-state index contributed by atoms with van der Waals surface area (Å²) < 4.78 is 10.9. The van der Waals surface area contributed by atoms with Crippen LogP contribution >= 0.6 is 0 Å². The first-order chi connectivity index (χ1) is 26.6. The molecule has 4 heterocycles. The summed E-state index contributed by atoms with van der Waals surface area (Å²) in [7, 11) is 0. The molecule has 4 aromatic heterocycles. The molecule has 10 heteroatoms. The summed E-state index contributed by atoms with van der Waals surface area (Å²) in [6.07, 6.45) is 15.4. The number of fused-ring (bicyclic) bond motifs is 2. The molecular formula is C47H65N6O3Pd-. The van der Waals surface area contributed by atoms with E-state index in [9.17, 15) is 0 Å². The van der Waals surface area contributed by atoms with Crippen molar-refractivity contribution in [1.29, 1.82) is 0 Å². The van der Waals surface area contributed by atoms with Gasteiger partial charge in [-0.15, -0.1) is 0 Å². The number of nitrogens with one attached hydrogen (secondary N) is 2. The van der Waals surface area contributed by atoms with Crippen LogP contribution < -0.4 is 0 Å². The monoisotopic (exact) mass is 867 g/mol. The number of imidazole rings is 2. The van der Waals surface area contributed by atoms with Gasteiger partial charge in [-0.1, -0.05) is 63.3 Å². The predicted octanol–water partition coefficient (Wildman–Crippen LogP) is 13.1. The molecule has 0 spiro atoms. The second-order valence-electron chi connectivity index (χ2n) is 15.6. The zero-order chi connectivity index (χ0) is 39.2. The van der Waals surface area contributed by atoms with Gasteiger partial charge in [0.25, 0.3) is 0 Å². The number of aliphatic hydroxyl groups is 1. The van der Waals surface area contributed by atoms with Gasteiger partial charge < -0.3 is 31.5 Å². The van der Waals surface area contributed by atoms with Gasteiger partial charge in [-0.2, -0.15) is 0 Å². The summed E-state index contributed by atoms with van der Waals surface area (Å²) in [4.78, 5) is 17.2. The predicted molar refractivity (Wildman–Crippen MR) is 231 cm³/mol. The van der Waals surface area contributed by atoms with Crippen molar-refractivity contribution < 1.29 is 34.6 Å². The molecule has 2 aliphatic rings. The molecule has 0 atom stereocenters. The Morgan fingerprint density at radius 2 is 1.21 bits per heavy atom. The normalized spacial score (nSPS) is 13.9. The maximum absolute atomic E-state index is 7.57. The maximum atomic E-state index is 7.57. The van der Waals surface area contributed by atoms with E-state index in [-0.39, 0.29) is 34.5 Å². The Kier molecular flexibility index (Phi) is 16.7. The topological polar surface area (TPSA) is 130 Å². The molecular weight excluding hydrogens is 803 g/mol. The largest absolute Gasteiger partial charge is 0.397 e. The molecule has 3 N–H and O–H groups in total. The first kappa shape index (κ1) is 45.9. The van der Waals surface area contributed by atoms with Crippen molar-refractivity contribution in [1.82, 2.24) is 30.2 Å². The van der Waals surface area contributed by atoms with Crippen molar-refractivity contribution in [3.8, 4) is 22.3 Å². The molecule has 6 aromatic rings. The zero-order valence-corrected chi connectivity index (χ0v) is 37.5. The van der Waals surface area contributed by atoms with Crippen LogP contribution in [0.2, 0.25) is 0 Å². The van der Waals surface area contributed by atoms with E-state index in [2.05, 4.69) is 78.3 Å². The Bertz CT molecular complexity index is 2190. The number of hydrogen-bond acceptors (Lipinski definition) is 7. The van der Waals surface area contributed by atoms with Gasteiger partial charge in [0.15, 0.2) is 0 Å². The Balaban J connectivity index is 0.000000229. The summed E-state index contributed by atoms with van der Waals surface area (Å²) in [6.45, 7) is 18.9. The Morgan fingerprint density at radius 3 is 1.63 bits per heavy atom. The Morgan fingerprint density at radius 1 is 0.737 bits per heavy atom. The third-order valence-corrected chi connectivity index (χ3v) is 10.8. The number of hydrogen-bond donors (Lipinski definition) is 3. The van der Waals surface area contributed by atoms with Crippen LogP contribution in [-0.2, 0) is 20.4 Å². The van der Waals surface area contributed by atoms with E-state index in [4.69, 9.17) is 24.1 Å². The summed E-state index contributed by atoms with van der Waals surface area (Å²) in [5.74, 6) is 5.87. The van der Waals surface area contributed by atoms with Crippen molar-refractivity contribution in [2.75, 3.05) is 6.61 Å². The Hall–Kier alpha value is -3.84. The molecule has 2 fully saturated rings. The summed E-state index contributed by atoms with van der Waals surface area (Å²) in [5.41, 5.74) is 15.1. The fourth-order valence-corrected chi connectivity index (χ4v) is 8.05. The molecule has 2 saturated carbocycles. The molecule has 0 saturated heterocycles. The number of nitrogens with zero attached hydrogens (tertiary/aromatic N) is 4. The number of aryl methyl sites for hydroxylation is 4. The van der Waals surface area contributed by atoms with Crippen LogP contribution in [0, 0.1) is 35.1 Å². The number of H-pyrrole nitrogens is 2. The second kappa shape index (κ2) is 20.7. The number of rotatable bonds is 13. The van der Waals surface area contributed by atoms with Gasteiger partial charge in [0, 0.05) is 55.6 Å². The fraction of sp³-hybridized carbons (Fsp3) is 0.511. The number of allylic oxidation sites excluding steroid dienone is 2. The maximum Gasteiger partial charge on any atom is 0.141 e. The van der Waals surface area contributed by atoms with Crippen molar-refractivity contribution in [2.24, 2.45) is 0 Å². The van der Waals surface area contributed by atoms with Crippen LogP contribution in [0.15, 0.2) is 39.4 Å². The minimum Gasteiger partial charge on any atom is -0.397 e. The molecule has 0 amide bonds. The van der Waals surface area contributed by atoms with Gasteiger partial charge >= 0.3 is 0 Å². The standard InChI is InChI=1S/C22H29N3O.C22H27N3O.C2H6O.CH3.Pd/c2*1-5-7-15(8-6-2)18-11-17(20-13(3)25-26-14(20)4)12-19-21(18)24-22(23-19)16-9-10-16;1-2-3;;/h11-12,15-16H,5-10H2,1-4H3,(H,23,24);7,11-12,16H,5-6,8-10H2,1-4H3,(H,23,24);3H,2H2,1H3;1H3;/q;;;-1;/b;15-7+;;;. The smallest absolute Gasteiger partial charge is 0.141 e. The second-order valence-corrected chi connectivity index (χ2v) is 15.6. The van der Waals surface area contributed by atoms with E-state index < -0.39 is 0 Å². The first-order valence-electron chi connectivity index (χ1n) is 20.9. The molecule has 9 nitrogen and oxygen atoms in total. The van der Waals surface area contributed by atoms with Gasteiger partial charge in [-0.3, -0.25) is 0 Å². The number of benzene rings is 2. The van der Waals surface area contributed by atoms with Gasteiger partial charge in [-0.05, 0) is 138 Å². The van der Waals surface area contributed by atoms with E-state index in [1.807, 2.05) is 27.7 Å². The van der Waals surface area contributed by atoms with Crippen LogP contribution in [0.3, 0.4) is 0 Å².